The number of hydrogen-bond donors (Lipinski definition) is 1. The van der Waals surface area contributed by atoms with Gasteiger partial charge in [0, 0.05) is 55.2 Å². The number of alkyl halides is 3. The van der Waals surface area contributed by atoms with Crippen molar-refractivity contribution in [3.63, 3.8) is 0 Å². The molecule has 1 amide bonds. The number of nitrogens with one attached hydrogen (secondary N) is 1. The summed E-state index contributed by atoms with van der Waals surface area (Å²) in [5.74, 6) is 5.46. The van der Waals surface area contributed by atoms with Crippen LogP contribution in [0.25, 0.3) is 11.1 Å². The third-order valence-corrected chi connectivity index (χ3v) is 7.82. The Balaban J connectivity index is 1.55. The van der Waals surface area contributed by atoms with Gasteiger partial charge >= 0.3 is 6.18 Å². The molecule has 37 heavy (non-hydrogen) atoms. The van der Waals surface area contributed by atoms with Crippen molar-refractivity contribution in [3.8, 4) is 29.0 Å². The van der Waals surface area contributed by atoms with Crippen molar-refractivity contribution in [3.05, 3.63) is 63.1 Å². The van der Waals surface area contributed by atoms with Gasteiger partial charge in [0.2, 0.25) is 0 Å². The van der Waals surface area contributed by atoms with Crippen molar-refractivity contribution in [2.24, 2.45) is 5.92 Å². The van der Waals surface area contributed by atoms with Crippen molar-refractivity contribution >= 4 is 17.2 Å². The van der Waals surface area contributed by atoms with Gasteiger partial charge in [0.05, 0.1) is 6.54 Å². The van der Waals surface area contributed by atoms with Crippen LogP contribution in [0.2, 0.25) is 0 Å². The number of halogens is 3. The maximum absolute atomic E-state index is 13.9. The Kier molecular flexibility index (Phi) is 6.80. The van der Waals surface area contributed by atoms with Gasteiger partial charge in [-0.2, -0.15) is 23.5 Å². The molecule has 0 radical (unpaired) electrons. The number of carbonyl (C=O) groups excluding carboxylic acids is 1. The summed E-state index contributed by atoms with van der Waals surface area (Å²) in [4.78, 5) is 16.0. The molecule has 2 aliphatic heterocycles. The van der Waals surface area contributed by atoms with Gasteiger partial charge in [-0.15, -0.1) is 11.3 Å². The van der Waals surface area contributed by atoms with E-state index in [0.717, 1.165) is 23.5 Å². The predicted molar refractivity (Wildman–Crippen MR) is 133 cm³/mol. The van der Waals surface area contributed by atoms with Gasteiger partial charge < -0.3 is 10.2 Å². The van der Waals surface area contributed by atoms with Crippen molar-refractivity contribution < 1.29 is 18.0 Å². The van der Waals surface area contributed by atoms with Crippen molar-refractivity contribution in [2.75, 3.05) is 19.6 Å². The number of amides is 1. The van der Waals surface area contributed by atoms with E-state index in [4.69, 9.17) is 0 Å². The minimum atomic E-state index is -4.62. The average molecular weight is 524 g/mol. The van der Waals surface area contributed by atoms with E-state index in [0.29, 0.717) is 41.4 Å². The highest BCUT2D eigenvalue weighted by Crippen LogP contribution is 2.44. The molecule has 2 aliphatic rings. The zero-order valence-electron chi connectivity index (χ0n) is 20.1. The smallest absolute Gasteiger partial charge is 0.326 e. The van der Waals surface area contributed by atoms with Gasteiger partial charge in [-0.25, -0.2) is 0 Å². The molecule has 5 rings (SSSR count). The lowest BCUT2D eigenvalue weighted by atomic mass is 9.83. The molecule has 0 unspecified atom stereocenters. The monoisotopic (exact) mass is 523 g/mol. The van der Waals surface area contributed by atoms with Crippen molar-refractivity contribution in [1.29, 1.82) is 5.26 Å². The standard InChI is InChI=1S/C27H24F3N5OS/c1-2-35-15-23(26(33-35)27(28,29)30)20-8-4-3-7-19(20)22-14-34(16-24-21(22)10-18(11-31)37-24)25(36)9-5-6-17-12-32-13-17/h3-4,7-8,10,15,17,22,32H,2,6,12-14,16H2,1H3/t22-/m0/s1. The highest BCUT2D eigenvalue weighted by atomic mass is 32.1. The summed E-state index contributed by atoms with van der Waals surface area (Å²) >= 11 is 1.31. The molecule has 1 N–H and O–H groups in total. The topological polar surface area (TPSA) is 74.0 Å². The van der Waals surface area contributed by atoms with E-state index in [1.54, 1.807) is 42.2 Å². The second kappa shape index (κ2) is 10.0. The quantitative estimate of drug-likeness (QED) is 0.507. The third kappa shape index (κ3) is 5.00. The lowest BCUT2D eigenvalue weighted by Crippen LogP contribution is -2.41. The van der Waals surface area contributed by atoms with Crippen molar-refractivity contribution in [1.82, 2.24) is 20.0 Å². The lowest BCUT2D eigenvalue weighted by molar-refractivity contribution is -0.141. The van der Waals surface area contributed by atoms with Crippen LogP contribution in [-0.4, -0.2) is 40.2 Å². The molecule has 0 bridgehead atoms. The molecule has 1 fully saturated rings. The zero-order chi connectivity index (χ0) is 26.2. The number of carbonyl (C=O) groups is 1. The summed E-state index contributed by atoms with van der Waals surface area (Å²) in [6.07, 6.45) is -2.56. The summed E-state index contributed by atoms with van der Waals surface area (Å²) in [5.41, 5.74) is 0.985. The fraction of sp³-hybridized carbons (Fsp3) is 0.370. The summed E-state index contributed by atoms with van der Waals surface area (Å²) in [5, 5.41) is 16.5. The molecule has 0 saturated carbocycles. The molecule has 190 valence electrons. The van der Waals surface area contributed by atoms with E-state index in [-0.39, 0.29) is 18.0 Å². The second-order valence-corrected chi connectivity index (χ2v) is 10.3. The van der Waals surface area contributed by atoms with Gasteiger partial charge in [-0.1, -0.05) is 30.2 Å². The van der Waals surface area contributed by atoms with Crippen LogP contribution in [0, 0.1) is 29.1 Å². The first-order valence-corrected chi connectivity index (χ1v) is 12.8. The van der Waals surface area contributed by atoms with Crippen molar-refractivity contribution in [2.45, 2.75) is 38.5 Å². The Labute approximate surface area is 216 Å². The average Bonchev–Trinajstić information content (AvgIpc) is 3.49. The van der Waals surface area contributed by atoms with Crippen LogP contribution < -0.4 is 5.32 Å². The van der Waals surface area contributed by atoms with E-state index in [9.17, 15) is 23.2 Å². The molecule has 3 aromatic rings. The van der Waals surface area contributed by atoms with Gasteiger partial charge in [-0.3, -0.25) is 9.48 Å². The molecule has 4 heterocycles. The van der Waals surface area contributed by atoms with Gasteiger partial charge in [0.1, 0.15) is 10.9 Å². The first-order valence-electron chi connectivity index (χ1n) is 12.0. The van der Waals surface area contributed by atoms with Crippen LogP contribution in [0.5, 0.6) is 0 Å². The number of aromatic nitrogens is 2. The number of fused-ring (bicyclic) bond motifs is 1. The largest absolute Gasteiger partial charge is 0.435 e. The molecular formula is C27H24F3N5OS. The predicted octanol–water partition coefficient (Wildman–Crippen LogP) is 4.61. The van der Waals surface area contributed by atoms with E-state index in [2.05, 4.69) is 28.3 Å². The molecule has 1 atom stereocenters. The normalized spacial score (nSPS) is 17.4. The first-order chi connectivity index (χ1) is 17.8. The highest BCUT2D eigenvalue weighted by molar-refractivity contribution is 7.12. The molecule has 10 heteroatoms. The molecule has 1 aromatic carbocycles. The molecular weight excluding hydrogens is 499 g/mol. The Morgan fingerprint density at radius 2 is 2.03 bits per heavy atom. The second-order valence-electron chi connectivity index (χ2n) is 9.20. The van der Waals surface area contributed by atoms with Crippen LogP contribution in [0.4, 0.5) is 13.2 Å². The van der Waals surface area contributed by atoms with E-state index in [1.807, 2.05) is 0 Å². The number of rotatable bonds is 4. The fourth-order valence-electron chi connectivity index (χ4n) is 4.77. The number of nitriles is 1. The zero-order valence-corrected chi connectivity index (χ0v) is 20.9. The van der Waals surface area contributed by atoms with E-state index in [1.165, 1.54) is 22.2 Å². The fourth-order valence-corrected chi connectivity index (χ4v) is 5.81. The van der Waals surface area contributed by atoms with Crippen LogP contribution in [0.1, 0.15) is 45.8 Å². The van der Waals surface area contributed by atoms with Crippen LogP contribution in [-0.2, 0) is 24.1 Å². The van der Waals surface area contributed by atoms with Gasteiger partial charge in [0.15, 0.2) is 5.69 Å². The molecule has 6 nitrogen and oxygen atoms in total. The number of thiophene rings is 1. The van der Waals surface area contributed by atoms with Crippen LogP contribution in [0.3, 0.4) is 0 Å². The van der Waals surface area contributed by atoms with Crippen LogP contribution >= 0.6 is 11.3 Å². The first kappa shape index (κ1) is 25.1. The highest BCUT2D eigenvalue weighted by Gasteiger charge is 2.39. The minimum Gasteiger partial charge on any atom is -0.326 e. The number of aryl methyl sites for hydroxylation is 1. The lowest BCUT2D eigenvalue weighted by Gasteiger charge is -2.33. The van der Waals surface area contributed by atoms with E-state index < -0.39 is 17.8 Å². The summed E-state index contributed by atoms with van der Waals surface area (Å²) < 4.78 is 43.1. The maximum Gasteiger partial charge on any atom is 0.435 e. The summed E-state index contributed by atoms with van der Waals surface area (Å²) in [6.45, 7) is 4.41. The molecule has 1 saturated heterocycles. The SMILES string of the molecule is CCn1cc(-c2ccccc2[C@@H]2CN(C(=O)C#CCC3CNC3)Cc3sc(C#N)cc32)c(C(F)(F)F)n1. The summed E-state index contributed by atoms with van der Waals surface area (Å²) in [6, 6.07) is 10.9. The van der Waals surface area contributed by atoms with E-state index >= 15 is 0 Å². The molecule has 2 aromatic heterocycles. The number of nitrogens with zero attached hydrogens (tertiary/aromatic N) is 4. The Bertz CT molecular complexity index is 1430. The summed E-state index contributed by atoms with van der Waals surface area (Å²) in [7, 11) is 0. The number of benzene rings is 1. The molecule has 0 spiro atoms. The Morgan fingerprint density at radius 3 is 2.70 bits per heavy atom. The van der Waals surface area contributed by atoms with Gasteiger partial charge in [-0.05, 0) is 41.5 Å². The Hall–Kier alpha value is -3.60. The third-order valence-electron chi connectivity index (χ3n) is 6.78. The maximum atomic E-state index is 13.9. The molecule has 0 aliphatic carbocycles. The minimum absolute atomic E-state index is 0.000383. The van der Waals surface area contributed by atoms with Crippen LogP contribution in [0.15, 0.2) is 36.5 Å². The van der Waals surface area contributed by atoms with Gasteiger partial charge in [0.25, 0.3) is 5.91 Å². The Morgan fingerprint density at radius 1 is 1.24 bits per heavy atom. The number of hydrogen-bond acceptors (Lipinski definition) is 5.